The number of hydrogen-bond acceptors (Lipinski definition) is 3. The standard InChI is InChI=1S/C27H34N2O2/c1-20-3-2-13-28(20)14-10-21-4-6-22(7-5-21)24-8-9-25-18-29(19-26(25)17-24)27(30)23-11-15-31-16-12-23/h4-9,17,20,23H,2-3,10-16,18-19H2,1H3. The van der Waals surface area contributed by atoms with E-state index < -0.39 is 0 Å². The number of hydrogen-bond donors (Lipinski definition) is 0. The van der Waals surface area contributed by atoms with Gasteiger partial charge in [0.15, 0.2) is 0 Å². The molecule has 0 aromatic heterocycles. The van der Waals surface area contributed by atoms with Crippen LogP contribution in [0.25, 0.3) is 11.1 Å². The van der Waals surface area contributed by atoms with Gasteiger partial charge in [0.2, 0.25) is 5.91 Å². The van der Waals surface area contributed by atoms with Crippen LogP contribution >= 0.6 is 0 Å². The third-order valence-electron chi connectivity index (χ3n) is 7.48. The summed E-state index contributed by atoms with van der Waals surface area (Å²) < 4.78 is 5.42. The normalized spacial score (nSPS) is 22.1. The Bertz CT molecular complexity index is 917. The molecule has 2 aromatic rings. The van der Waals surface area contributed by atoms with Crippen molar-refractivity contribution in [2.75, 3.05) is 26.3 Å². The number of carbonyl (C=O) groups excluding carboxylic acids is 1. The molecule has 1 unspecified atom stereocenters. The quantitative estimate of drug-likeness (QED) is 0.709. The van der Waals surface area contributed by atoms with Crippen molar-refractivity contribution in [3.63, 3.8) is 0 Å². The lowest BCUT2D eigenvalue weighted by atomic mass is 9.99. The Morgan fingerprint density at radius 2 is 1.71 bits per heavy atom. The summed E-state index contributed by atoms with van der Waals surface area (Å²) in [6.45, 7) is 7.69. The Hall–Kier alpha value is -2.17. The third kappa shape index (κ3) is 4.56. The highest BCUT2D eigenvalue weighted by atomic mass is 16.5. The highest BCUT2D eigenvalue weighted by molar-refractivity contribution is 5.80. The minimum absolute atomic E-state index is 0.138. The summed E-state index contributed by atoms with van der Waals surface area (Å²) in [4.78, 5) is 17.6. The maximum Gasteiger partial charge on any atom is 0.226 e. The topological polar surface area (TPSA) is 32.8 Å². The van der Waals surface area contributed by atoms with Gasteiger partial charge in [-0.25, -0.2) is 0 Å². The van der Waals surface area contributed by atoms with E-state index in [0.717, 1.165) is 44.9 Å². The summed E-state index contributed by atoms with van der Waals surface area (Å²) in [6.07, 6.45) is 5.53. The molecule has 0 radical (unpaired) electrons. The molecule has 0 spiro atoms. The minimum Gasteiger partial charge on any atom is -0.381 e. The number of benzene rings is 2. The number of ether oxygens (including phenoxy) is 1. The van der Waals surface area contributed by atoms with Gasteiger partial charge in [-0.3, -0.25) is 4.79 Å². The van der Waals surface area contributed by atoms with Crippen LogP contribution in [0.2, 0.25) is 0 Å². The smallest absolute Gasteiger partial charge is 0.226 e. The average Bonchev–Trinajstić information content (AvgIpc) is 3.43. The molecule has 0 saturated carbocycles. The van der Waals surface area contributed by atoms with Crippen LogP contribution in [0, 0.1) is 5.92 Å². The first-order chi connectivity index (χ1) is 15.2. The van der Waals surface area contributed by atoms with Gasteiger partial charge < -0.3 is 14.5 Å². The van der Waals surface area contributed by atoms with Gasteiger partial charge in [-0.15, -0.1) is 0 Å². The second-order valence-electron chi connectivity index (χ2n) is 9.54. The lowest BCUT2D eigenvalue weighted by molar-refractivity contribution is -0.139. The lowest BCUT2D eigenvalue weighted by Gasteiger charge is -2.26. The summed E-state index contributed by atoms with van der Waals surface area (Å²) in [5.74, 6) is 0.441. The second kappa shape index (κ2) is 9.13. The van der Waals surface area contributed by atoms with Gasteiger partial charge in [-0.1, -0.05) is 36.4 Å². The Labute approximate surface area is 186 Å². The average molecular weight is 419 g/mol. The molecule has 2 aromatic carbocycles. The van der Waals surface area contributed by atoms with E-state index in [9.17, 15) is 4.79 Å². The zero-order valence-corrected chi connectivity index (χ0v) is 18.7. The van der Waals surface area contributed by atoms with Crippen LogP contribution in [0.5, 0.6) is 0 Å². The number of likely N-dealkylation sites (tertiary alicyclic amines) is 1. The molecule has 3 heterocycles. The van der Waals surface area contributed by atoms with Crippen molar-refractivity contribution in [1.29, 1.82) is 0 Å². The van der Waals surface area contributed by atoms with Crippen molar-refractivity contribution >= 4 is 5.91 Å². The summed E-state index contributed by atoms with van der Waals surface area (Å²) in [5, 5.41) is 0. The van der Waals surface area contributed by atoms with Crippen molar-refractivity contribution < 1.29 is 9.53 Å². The predicted octanol–water partition coefficient (Wildman–Crippen LogP) is 4.65. The van der Waals surface area contributed by atoms with Crippen LogP contribution in [0.3, 0.4) is 0 Å². The molecule has 4 heteroatoms. The van der Waals surface area contributed by atoms with Crippen molar-refractivity contribution in [3.8, 4) is 11.1 Å². The highest BCUT2D eigenvalue weighted by Crippen LogP contribution is 2.31. The van der Waals surface area contributed by atoms with E-state index in [4.69, 9.17) is 4.74 Å². The SMILES string of the molecule is CC1CCCN1CCc1ccc(-c2ccc3c(c2)CN(C(=O)C2CCOCC2)C3)cc1. The van der Waals surface area contributed by atoms with Crippen molar-refractivity contribution in [2.45, 2.75) is 58.2 Å². The van der Waals surface area contributed by atoms with Gasteiger partial charge in [-0.2, -0.15) is 0 Å². The first kappa shape index (κ1) is 20.7. The zero-order chi connectivity index (χ0) is 21.2. The first-order valence-electron chi connectivity index (χ1n) is 12.0. The summed E-state index contributed by atoms with van der Waals surface area (Å²) in [7, 11) is 0. The second-order valence-corrected chi connectivity index (χ2v) is 9.54. The van der Waals surface area contributed by atoms with Gasteiger partial charge in [0.05, 0.1) is 0 Å². The molecule has 3 aliphatic heterocycles. The molecule has 3 aliphatic rings. The van der Waals surface area contributed by atoms with Crippen LogP contribution in [0.1, 0.15) is 49.3 Å². The van der Waals surface area contributed by atoms with Crippen LogP contribution in [-0.4, -0.2) is 48.1 Å². The lowest BCUT2D eigenvalue weighted by Crippen LogP contribution is -2.35. The Morgan fingerprint density at radius 1 is 0.968 bits per heavy atom. The largest absolute Gasteiger partial charge is 0.381 e. The van der Waals surface area contributed by atoms with Crippen molar-refractivity contribution in [2.24, 2.45) is 5.92 Å². The molecule has 2 fully saturated rings. The van der Waals surface area contributed by atoms with Gasteiger partial charge in [0.25, 0.3) is 0 Å². The summed E-state index contributed by atoms with van der Waals surface area (Å²) in [5.41, 5.74) is 6.51. The van der Waals surface area contributed by atoms with Crippen LogP contribution in [0.4, 0.5) is 0 Å². The molecule has 1 atom stereocenters. The van der Waals surface area contributed by atoms with Crippen LogP contribution in [-0.2, 0) is 29.0 Å². The minimum atomic E-state index is 0.138. The van der Waals surface area contributed by atoms with Gasteiger partial charge in [0, 0.05) is 44.8 Å². The van der Waals surface area contributed by atoms with E-state index in [2.05, 4.69) is 54.3 Å². The molecule has 31 heavy (non-hydrogen) atoms. The molecule has 164 valence electrons. The fourth-order valence-electron chi connectivity index (χ4n) is 5.39. The summed E-state index contributed by atoms with van der Waals surface area (Å²) in [6, 6.07) is 16.5. The van der Waals surface area contributed by atoms with Crippen LogP contribution < -0.4 is 0 Å². The van der Waals surface area contributed by atoms with Crippen LogP contribution in [0.15, 0.2) is 42.5 Å². The van der Waals surface area contributed by atoms with Crippen molar-refractivity contribution in [3.05, 3.63) is 59.2 Å². The van der Waals surface area contributed by atoms with E-state index >= 15 is 0 Å². The predicted molar refractivity (Wildman–Crippen MR) is 124 cm³/mol. The number of carbonyl (C=O) groups is 1. The third-order valence-corrected chi connectivity index (χ3v) is 7.48. The molecule has 0 bridgehead atoms. The molecule has 0 aliphatic carbocycles. The van der Waals surface area contributed by atoms with Gasteiger partial charge >= 0.3 is 0 Å². The van der Waals surface area contributed by atoms with Gasteiger partial charge in [-0.05, 0) is 79.5 Å². The molecular formula is C27H34N2O2. The Kier molecular flexibility index (Phi) is 6.10. The van der Waals surface area contributed by atoms with Gasteiger partial charge in [0.1, 0.15) is 0 Å². The molecule has 1 amide bonds. The number of rotatable bonds is 5. The molecule has 0 N–H and O–H groups in total. The maximum absolute atomic E-state index is 12.9. The van der Waals surface area contributed by atoms with Crippen molar-refractivity contribution in [1.82, 2.24) is 9.80 Å². The monoisotopic (exact) mass is 418 g/mol. The van der Waals surface area contributed by atoms with E-state index in [1.54, 1.807) is 0 Å². The Balaban J connectivity index is 1.22. The molecular weight excluding hydrogens is 384 g/mol. The number of fused-ring (bicyclic) bond motifs is 1. The van der Waals surface area contributed by atoms with E-state index in [1.165, 1.54) is 47.2 Å². The fourth-order valence-corrected chi connectivity index (χ4v) is 5.39. The highest BCUT2D eigenvalue weighted by Gasteiger charge is 2.30. The summed E-state index contributed by atoms with van der Waals surface area (Å²) >= 11 is 0. The number of amides is 1. The van der Waals surface area contributed by atoms with E-state index in [-0.39, 0.29) is 5.92 Å². The molecule has 4 nitrogen and oxygen atoms in total. The molecule has 2 saturated heterocycles. The Morgan fingerprint density at radius 3 is 2.45 bits per heavy atom. The first-order valence-corrected chi connectivity index (χ1v) is 12.0. The number of nitrogens with zero attached hydrogens (tertiary/aromatic N) is 2. The maximum atomic E-state index is 12.9. The zero-order valence-electron chi connectivity index (χ0n) is 18.7. The fraction of sp³-hybridized carbons (Fsp3) is 0.519. The molecule has 5 rings (SSSR count). The van der Waals surface area contributed by atoms with E-state index in [0.29, 0.717) is 19.1 Å². The van der Waals surface area contributed by atoms with E-state index in [1.807, 2.05) is 4.90 Å².